The van der Waals surface area contributed by atoms with Crippen molar-refractivity contribution in [1.29, 1.82) is 0 Å². The van der Waals surface area contributed by atoms with E-state index in [0.717, 1.165) is 5.56 Å². The molecule has 15 nitrogen and oxygen atoms in total. The molecule has 1 aromatic rings. The van der Waals surface area contributed by atoms with E-state index in [2.05, 4.69) is 10.6 Å². The van der Waals surface area contributed by atoms with Crippen LogP contribution in [0, 0.1) is 0 Å². The Kier molecular flexibility index (Phi) is 11.5. The van der Waals surface area contributed by atoms with Gasteiger partial charge in [-0.05, 0) is 12.0 Å². The van der Waals surface area contributed by atoms with Crippen molar-refractivity contribution in [2.45, 2.75) is 49.9 Å². The fourth-order valence-electron chi connectivity index (χ4n) is 3.01. The van der Waals surface area contributed by atoms with E-state index in [1.165, 1.54) is 0 Å². The van der Waals surface area contributed by atoms with Crippen molar-refractivity contribution >= 4 is 41.4 Å². The summed E-state index contributed by atoms with van der Waals surface area (Å²) in [6.45, 7) is 0. The Labute approximate surface area is 205 Å². The topological polar surface area (TPSA) is 280 Å². The molecule has 12 N–H and O–H groups in total. The van der Waals surface area contributed by atoms with E-state index in [-0.39, 0.29) is 6.42 Å². The summed E-state index contributed by atoms with van der Waals surface area (Å²) in [5, 5.41) is 15.5. The third kappa shape index (κ3) is 10.6. The number of carbonyl (C=O) groups excluding carboxylic acids is 6. The van der Waals surface area contributed by atoms with Gasteiger partial charge in [0.1, 0.15) is 18.1 Å². The molecule has 15 heteroatoms. The van der Waals surface area contributed by atoms with Gasteiger partial charge in [-0.3, -0.25) is 28.8 Å². The first-order valence-electron chi connectivity index (χ1n) is 10.6. The molecule has 36 heavy (non-hydrogen) atoms. The number of primary amides is 3. The second kappa shape index (κ2) is 14.0. The predicted molar refractivity (Wildman–Crippen MR) is 123 cm³/mol. The minimum Gasteiger partial charge on any atom is -0.480 e. The van der Waals surface area contributed by atoms with Crippen molar-refractivity contribution in [3.8, 4) is 0 Å². The minimum atomic E-state index is -1.75. The van der Waals surface area contributed by atoms with Gasteiger partial charge in [0.15, 0.2) is 0 Å². The fourth-order valence-corrected chi connectivity index (χ4v) is 3.01. The lowest BCUT2D eigenvalue weighted by molar-refractivity contribution is -0.144. The Morgan fingerprint density at radius 3 is 1.47 bits per heavy atom. The number of aliphatic carboxylic acids is 1. The molecule has 0 heterocycles. The molecule has 1 aromatic carbocycles. The van der Waals surface area contributed by atoms with Crippen molar-refractivity contribution < 1.29 is 38.7 Å². The number of benzene rings is 1. The third-order valence-electron chi connectivity index (χ3n) is 4.73. The molecule has 0 saturated heterocycles. The molecule has 0 saturated carbocycles. The molecule has 4 unspecified atom stereocenters. The molecule has 0 fully saturated rings. The van der Waals surface area contributed by atoms with Crippen LogP contribution >= 0.6 is 0 Å². The highest BCUT2D eigenvalue weighted by Crippen LogP contribution is 2.04. The van der Waals surface area contributed by atoms with Crippen LogP contribution in [0.5, 0.6) is 0 Å². The van der Waals surface area contributed by atoms with E-state index in [9.17, 15) is 33.6 Å². The number of carboxylic acid groups (broad SMARTS) is 1. The molecule has 1 rings (SSSR count). The molecule has 0 aromatic heterocycles. The molecule has 0 aliphatic rings. The zero-order valence-electron chi connectivity index (χ0n) is 19.1. The normalized spacial score (nSPS) is 13.8. The fraction of sp³-hybridized carbons (Fsp3) is 0.381. The smallest absolute Gasteiger partial charge is 0.326 e. The zero-order valence-corrected chi connectivity index (χ0v) is 19.1. The molecular formula is C21H29N7O8. The summed E-state index contributed by atoms with van der Waals surface area (Å²) in [5.74, 6) is -7.73. The molecule has 0 radical (unpaired) electrons. The van der Waals surface area contributed by atoms with Crippen LogP contribution < -0.4 is 38.9 Å². The lowest BCUT2D eigenvalue weighted by Crippen LogP contribution is -2.58. The molecule has 0 aliphatic heterocycles. The monoisotopic (exact) mass is 507 g/mol. The number of amides is 6. The number of hydrogen-bond donors (Lipinski definition) is 8. The molecular weight excluding hydrogens is 478 g/mol. The van der Waals surface area contributed by atoms with Crippen molar-refractivity contribution in [2.75, 3.05) is 0 Å². The number of rotatable bonds is 15. The average molecular weight is 508 g/mol. The van der Waals surface area contributed by atoms with Gasteiger partial charge in [-0.25, -0.2) is 4.79 Å². The van der Waals surface area contributed by atoms with Gasteiger partial charge in [-0.15, -0.1) is 0 Å². The lowest BCUT2D eigenvalue weighted by atomic mass is 10.0. The van der Waals surface area contributed by atoms with Crippen molar-refractivity contribution in [2.24, 2.45) is 22.9 Å². The van der Waals surface area contributed by atoms with Gasteiger partial charge in [-0.2, -0.15) is 0 Å². The van der Waals surface area contributed by atoms with E-state index in [1.807, 2.05) is 5.32 Å². The second-order valence-corrected chi connectivity index (χ2v) is 7.83. The standard InChI is InChI=1S/C21H29N7O8/c22-11(6-10-4-2-1-3-5-10)18(32)26-12(7-15(23)29)19(33)27-13(8-16(24)30)20(34)28-14(21(35)36)9-17(25)31/h1-5,11-14H,6-9,22H2,(H2,23,29)(H2,24,30)(H2,25,31)(H,26,32)(H,27,33)(H,28,34)(H,35,36). The van der Waals surface area contributed by atoms with Crippen LogP contribution in [0.15, 0.2) is 30.3 Å². The van der Waals surface area contributed by atoms with Crippen molar-refractivity contribution in [1.82, 2.24) is 16.0 Å². The summed E-state index contributed by atoms with van der Waals surface area (Å²) >= 11 is 0. The van der Waals surface area contributed by atoms with Gasteiger partial charge in [0.2, 0.25) is 35.4 Å². The van der Waals surface area contributed by atoms with Gasteiger partial charge in [0.25, 0.3) is 0 Å². The summed E-state index contributed by atoms with van der Waals surface area (Å²) in [6.07, 6.45) is -2.11. The van der Waals surface area contributed by atoms with Crippen LogP contribution in [0.4, 0.5) is 0 Å². The Morgan fingerprint density at radius 1 is 0.667 bits per heavy atom. The summed E-state index contributed by atoms with van der Waals surface area (Å²) in [7, 11) is 0. The first-order chi connectivity index (χ1) is 16.8. The Bertz CT molecular complexity index is 1000. The maximum absolute atomic E-state index is 12.8. The Hall–Kier alpha value is -4.53. The number of nitrogens with one attached hydrogen (secondary N) is 3. The molecule has 196 valence electrons. The maximum Gasteiger partial charge on any atom is 0.326 e. The average Bonchev–Trinajstić information content (AvgIpc) is 2.77. The molecule has 6 amide bonds. The van der Waals surface area contributed by atoms with Crippen molar-refractivity contribution in [3.05, 3.63) is 35.9 Å². The highest BCUT2D eigenvalue weighted by molar-refractivity contribution is 5.98. The number of carboxylic acids is 1. The van der Waals surface area contributed by atoms with Crippen LogP contribution in [0.1, 0.15) is 24.8 Å². The lowest BCUT2D eigenvalue weighted by Gasteiger charge is -2.24. The minimum absolute atomic E-state index is 0.112. The van der Waals surface area contributed by atoms with Gasteiger partial charge in [0, 0.05) is 0 Å². The Morgan fingerprint density at radius 2 is 1.06 bits per heavy atom. The molecule has 0 spiro atoms. The number of nitrogens with two attached hydrogens (primary N) is 4. The van der Waals surface area contributed by atoms with E-state index >= 15 is 0 Å². The van der Waals surface area contributed by atoms with Crippen LogP contribution in [-0.4, -0.2) is 70.7 Å². The number of carbonyl (C=O) groups is 7. The molecule has 0 aliphatic carbocycles. The SMILES string of the molecule is NC(=O)CC(NC(=O)C(CC(N)=O)NC(=O)C(CC(N)=O)NC(=O)C(N)Cc1ccccc1)C(=O)O. The first kappa shape index (κ1) is 29.5. The first-order valence-corrected chi connectivity index (χ1v) is 10.6. The largest absolute Gasteiger partial charge is 0.480 e. The summed E-state index contributed by atoms with van der Waals surface area (Å²) < 4.78 is 0. The van der Waals surface area contributed by atoms with E-state index < -0.39 is 84.8 Å². The van der Waals surface area contributed by atoms with E-state index in [4.69, 9.17) is 28.0 Å². The van der Waals surface area contributed by atoms with E-state index in [0.29, 0.717) is 0 Å². The van der Waals surface area contributed by atoms with Crippen LogP contribution in [0.3, 0.4) is 0 Å². The zero-order chi connectivity index (χ0) is 27.4. The second-order valence-electron chi connectivity index (χ2n) is 7.83. The van der Waals surface area contributed by atoms with Crippen LogP contribution in [-0.2, 0) is 40.0 Å². The van der Waals surface area contributed by atoms with Gasteiger partial charge >= 0.3 is 5.97 Å². The number of hydrogen-bond acceptors (Lipinski definition) is 8. The Balaban J connectivity index is 2.99. The van der Waals surface area contributed by atoms with E-state index in [1.54, 1.807) is 30.3 Å². The van der Waals surface area contributed by atoms with Crippen LogP contribution in [0.25, 0.3) is 0 Å². The summed E-state index contributed by atoms with van der Waals surface area (Å²) in [6, 6.07) is 2.57. The highest BCUT2D eigenvalue weighted by Gasteiger charge is 2.32. The van der Waals surface area contributed by atoms with Gasteiger partial charge in [0.05, 0.1) is 25.3 Å². The summed E-state index contributed by atoms with van der Waals surface area (Å²) in [5.41, 5.74) is 21.8. The summed E-state index contributed by atoms with van der Waals surface area (Å²) in [4.78, 5) is 83.1. The quantitative estimate of drug-likeness (QED) is 0.114. The van der Waals surface area contributed by atoms with Crippen LogP contribution in [0.2, 0.25) is 0 Å². The van der Waals surface area contributed by atoms with Crippen molar-refractivity contribution in [3.63, 3.8) is 0 Å². The van der Waals surface area contributed by atoms with Gasteiger partial charge in [-0.1, -0.05) is 30.3 Å². The molecule has 4 atom stereocenters. The molecule has 0 bridgehead atoms. The predicted octanol–water partition coefficient (Wildman–Crippen LogP) is -4.28. The maximum atomic E-state index is 12.8. The van der Waals surface area contributed by atoms with Gasteiger partial charge < -0.3 is 44.0 Å². The highest BCUT2D eigenvalue weighted by atomic mass is 16.4. The third-order valence-corrected chi connectivity index (χ3v) is 4.73.